The van der Waals surface area contributed by atoms with Crippen molar-refractivity contribution in [2.75, 3.05) is 4.72 Å². The number of rotatable bonds is 5. The van der Waals surface area contributed by atoms with E-state index in [0.29, 0.717) is 16.1 Å². The number of amides is 1. The van der Waals surface area contributed by atoms with Crippen LogP contribution in [0.2, 0.25) is 5.02 Å². The van der Waals surface area contributed by atoms with Crippen LogP contribution in [-0.2, 0) is 15.4 Å². The van der Waals surface area contributed by atoms with Crippen molar-refractivity contribution in [3.8, 4) is 10.4 Å². The molecule has 3 aromatic rings. The number of hydrogen-bond donors (Lipinski definition) is 2. The molecular formula is C23H25ClN2O3S2. The zero-order valence-electron chi connectivity index (χ0n) is 18.0. The first-order valence-corrected chi connectivity index (χ1v) is 12.3. The van der Waals surface area contributed by atoms with Crippen molar-refractivity contribution in [3.63, 3.8) is 0 Å². The highest BCUT2D eigenvalue weighted by Gasteiger charge is 2.23. The van der Waals surface area contributed by atoms with Crippen molar-refractivity contribution in [1.29, 1.82) is 0 Å². The van der Waals surface area contributed by atoms with Gasteiger partial charge in [0, 0.05) is 9.90 Å². The molecule has 0 fully saturated rings. The lowest BCUT2D eigenvalue weighted by Crippen LogP contribution is -2.17. The lowest BCUT2D eigenvalue weighted by atomic mass is 9.86. The van der Waals surface area contributed by atoms with Gasteiger partial charge in [-0.2, -0.15) is 0 Å². The maximum absolute atomic E-state index is 13.1. The second-order valence-electron chi connectivity index (χ2n) is 8.52. The Morgan fingerprint density at radius 3 is 2.19 bits per heavy atom. The Morgan fingerprint density at radius 2 is 1.65 bits per heavy atom. The van der Waals surface area contributed by atoms with Crippen LogP contribution < -0.4 is 10.5 Å². The first-order valence-electron chi connectivity index (χ1n) is 9.64. The molecule has 8 heteroatoms. The van der Waals surface area contributed by atoms with E-state index >= 15 is 0 Å². The van der Waals surface area contributed by atoms with Crippen LogP contribution in [0.25, 0.3) is 10.4 Å². The summed E-state index contributed by atoms with van der Waals surface area (Å²) in [7, 11) is -3.94. The lowest BCUT2D eigenvalue weighted by Gasteiger charge is -2.18. The molecule has 0 aliphatic rings. The lowest BCUT2D eigenvalue weighted by molar-refractivity contribution is 0.100. The fourth-order valence-electron chi connectivity index (χ4n) is 3.17. The number of aryl methyl sites for hydroxylation is 2. The molecule has 0 spiro atoms. The molecule has 0 bridgehead atoms. The van der Waals surface area contributed by atoms with E-state index in [-0.39, 0.29) is 20.9 Å². The molecule has 0 radical (unpaired) electrons. The summed E-state index contributed by atoms with van der Waals surface area (Å²) in [5.74, 6) is -0.690. The number of hydrogen-bond acceptors (Lipinski definition) is 4. The van der Waals surface area contributed by atoms with Gasteiger partial charge in [0.25, 0.3) is 15.9 Å². The maximum Gasteiger partial charge on any atom is 0.262 e. The Bertz CT molecular complexity index is 1260. The maximum atomic E-state index is 13.1. The monoisotopic (exact) mass is 476 g/mol. The Kier molecular flexibility index (Phi) is 6.24. The van der Waals surface area contributed by atoms with Crippen LogP contribution >= 0.6 is 22.9 Å². The van der Waals surface area contributed by atoms with Crippen LogP contribution in [0.15, 0.2) is 47.4 Å². The quantitative estimate of drug-likeness (QED) is 0.481. The number of benzene rings is 2. The van der Waals surface area contributed by atoms with E-state index in [1.165, 1.54) is 11.6 Å². The van der Waals surface area contributed by atoms with Crippen LogP contribution in [0.5, 0.6) is 0 Å². The molecule has 0 atom stereocenters. The van der Waals surface area contributed by atoms with Crippen molar-refractivity contribution in [1.82, 2.24) is 0 Å². The molecule has 31 heavy (non-hydrogen) atoms. The van der Waals surface area contributed by atoms with Crippen LogP contribution in [0.4, 0.5) is 5.69 Å². The van der Waals surface area contributed by atoms with Gasteiger partial charge in [-0.15, -0.1) is 11.3 Å². The first kappa shape index (κ1) is 23.3. The Balaban J connectivity index is 2.02. The Labute approximate surface area is 192 Å². The molecule has 2 aromatic carbocycles. The molecule has 0 unspecified atom stereocenters. The summed E-state index contributed by atoms with van der Waals surface area (Å²) in [6, 6.07) is 12.8. The number of primary amides is 1. The van der Waals surface area contributed by atoms with Crippen LogP contribution in [0.3, 0.4) is 0 Å². The summed E-state index contributed by atoms with van der Waals surface area (Å²) >= 11 is 7.26. The largest absolute Gasteiger partial charge is 0.365 e. The van der Waals surface area contributed by atoms with Gasteiger partial charge in [0.2, 0.25) is 0 Å². The number of nitrogens with two attached hydrogens (primary N) is 1. The molecule has 3 N–H and O–H groups in total. The van der Waals surface area contributed by atoms with Gasteiger partial charge in [0.05, 0.1) is 10.6 Å². The van der Waals surface area contributed by atoms with Crippen molar-refractivity contribution >= 4 is 44.6 Å². The molecule has 5 nitrogen and oxygen atoms in total. The predicted octanol–water partition coefficient (Wildman–Crippen LogP) is 5.88. The molecule has 0 aliphatic carbocycles. The third-order valence-corrected chi connectivity index (χ3v) is 8.09. The molecule has 1 aromatic heterocycles. The number of carbonyl (C=O) groups is 1. The number of anilines is 1. The fourth-order valence-corrected chi connectivity index (χ4v) is 5.80. The summed E-state index contributed by atoms with van der Waals surface area (Å²) in [5, 5.41) is 0.491. The normalized spacial score (nSPS) is 12.1. The highest BCUT2D eigenvalue weighted by atomic mass is 35.5. The third kappa shape index (κ3) is 4.95. The van der Waals surface area contributed by atoms with Gasteiger partial charge >= 0.3 is 0 Å². The van der Waals surface area contributed by atoms with Gasteiger partial charge in [0.1, 0.15) is 4.88 Å². The van der Waals surface area contributed by atoms with Gasteiger partial charge in [-0.25, -0.2) is 8.42 Å². The SMILES string of the molecule is Cc1cc(S(=O)(=O)Nc2cc(-c3ccc(C(C)(C)C)cc3)sc2C(N)=O)c(C)cc1Cl. The minimum atomic E-state index is -3.94. The molecule has 0 aliphatic heterocycles. The average Bonchev–Trinajstić information content (AvgIpc) is 3.07. The number of sulfonamides is 1. The zero-order chi connectivity index (χ0) is 23.1. The minimum Gasteiger partial charge on any atom is -0.365 e. The molecule has 0 saturated carbocycles. The summed E-state index contributed by atoms with van der Waals surface area (Å²) in [6.45, 7) is 9.80. The number of halogens is 1. The second-order valence-corrected chi connectivity index (χ2v) is 11.6. The molecule has 164 valence electrons. The van der Waals surface area contributed by atoms with E-state index < -0.39 is 15.9 Å². The first-order chi connectivity index (χ1) is 14.3. The average molecular weight is 477 g/mol. The standard InChI is InChI=1S/C23H25ClN2O3S2/c1-13-11-20(14(2)10-17(13)24)31(28,29)26-18-12-19(30-21(18)22(25)27)15-6-8-16(9-7-15)23(3,4)5/h6-12,26H,1-5H3,(H2,25,27). The number of carbonyl (C=O) groups excluding carboxylic acids is 1. The Morgan fingerprint density at radius 1 is 1.03 bits per heavy atom. The van der Waals surface area contributed by atoms with Crippen LogP contribution in [-0.4, -0.2) is 14.3 Å². The molecule has 3 rings (SSSR count). The Hall–Kier alpha value is -2.35. The van der Waals surface area contributed by atoms with E-state index in [2.05, 4.69) is 25.5 Å². The number of nitrogens with one attached hydrogen (secondary N) is 1. The molecule has 1 heterocycles. The fraction of sp³-hybridized carbons (Fsp3) is 0.261. The van der Waals surface area contributed by atoms with E-state index in [9.17, 15) is 13.2 Å². The van der Waals surface area contributed by atoms with Gasteiger partial charge in [-0.3, -0.25) is 9.52 Å². The van der Waals surface area contributed by atoms with E-state index in [1.807, 2.05) is 24.3 Å². The van der Waals surface area contributed by atoms with Gasteiger partial charge < -0.3 is 5.73 Å². The topological polar surface area (TPSA) is 89.3 Å². The van der Waals surface area contributed by atoms with Crippen molar-refractivity contribution in [2.45, 2.75) is 44.9 Å². The summed E-state index contributed by atoms with van der Waals surface area (Å²) in [4.78, 5) is 13.0. The third-order valence-electron chi connectivity index (χ3n) is 4.98. The van der Waals surface area contributed by atoms with E-state index in [4.69, 9.17) is 17.3 Å². The predicted molar refractivity (Wildman–Crippen MR) is 129 cm³/mol. The smallest absolute Gasteiger partial charge is 0.262 e. The molecular weight excluding hydrogens is 452 g/mol. The summed E-state index contributed by atoms with van der Waals surface area (Å²) in [6.07, 6.45) is 0. The van der Waals surface area contributed by atoms with Gasteiger partial charge in [0.15, 0.2) is 0 Å². The van der Waals surface area contributed by atoms with Crippen molar-refractivity contribution < 1.29 is 13.2 Å². The van der Waals surface area contributed by atoms with Crippen LogP contribution in [0, 0.1) is 13.8 Å². The summed E-state index contributed by atoms with van der Waals surface area (Å²) in [5.41, 5.74) is 8.93. The van der Waals surface area contributed by atoms with E-state index in [1.54, 1.807) is 26.0 Å². The highest BCUT2D eigenvalue weighted by Crippen LogP contribution is 2.37. The van der Waals surface area contributed by atoms with E-state index in [0.717, 1.165) is 21.8 Å². The molecule has 0 saturated heterocycles. The van der Waals surface area contributed by atoms with Gasteiger partial charge in [-0.05, 0) is 59.7 Å². The summed E-state index contributed by atoms with van der Waals surface area (Å²) < 4.78 is 28.7. The molecule has 1 amide bonds. The number of thiophene rings is 1. The zero-order valence-corrected chi connectivity index (χ0v) is 20.4. The van der Waals surface area contributed by atoms with Crippen LogP contribution in [0.1, 0.15) is 47.1 Å². The van der Waals surface area contributed by atoms with Crippen molar-refractivity contribution in [3.05, 3.63) is 69.1 Å². The van der Waals surface area contributed by atoms with Crippen molar-refractivity contribution in [2.24, 2.45) is 5.73 Å². The van der Waals surface area contributed by atoms with Gasteiger partial charge in [-0.1, -0.05) is 56.6 Å². The second kappa shape index (κ2) is 8.30. The minimum absolute atomic E-state index is 0.0156. The highest BCUT2D eigenvalue weighted by molar-refractivity contribution is 7.92.